The molecule has 2 heterocycles. The minimum Gasteiger partial charge on any atom is -0.314 e. The standard InChI is InChI=1S/C11H17F3N4.ClH/c1-8-5-15-3-4-18(8)7-9-6-16-17(2)10(9)11(12,13)14;/h6,8,15H,3-5,7H2,1-2H3;1H/t8-;/m0./s1. The van der Waals surface area contributed by atoms with Gasteiger partial charge in [0.1, 0.15) is 5.69 Å². The number of hydrogen-bond donors (Lipinski definition) is 1. The summed E-state index contributed by atoms with van der Waals surface area (Å²) in [6, 6.07) is 0.236. The van der Waals surface area contributed by atoms with E-state index in [0.29, 0.717) is 6.54 Å². The van der Waals surface area contributed by atoms with Gasteiger partial charge in [-0.15, -0.1) is 12.4 Å². The first-order chi connectivity index (χ1) is 8.39. The smallest absolute Gasteiger partial charge is 0.314 e. The molecule has 0 aromatic carbocycles. The van der Waals surface area contributed by atoms with Crippen molar-refractivity contribution < 1.29 is 13.2 Å². The second kappa shape index (κ2) is 6.11. The minimum absolute atomic E-state index is 0. The Kier molecular flexibility index (Phi) is 5.23. The molecule has 110 valence electrons. The maximum atomic E-state index is 12.9. The summed E-state index contributed by atoms with van der Waals surface area (Å²) < 4.78 is 39.6. The van der Waals surface area contributed by atoms with Crippen LogP contribution in [0.1, 0.15) is 18.2 Å². The fourth-order valence-corrected chi connectivity index (χ4v) is 2.30. The van der Waals surface area contributed by atoms with Crippen LogP contribution in [-0.4, -0.2) is 40.4 Å². The third-order valence-electron chi connectivity index (χ3n) is 3.30. The summed E-state index contributed by atoms with van der Waals surface area (Å²) in [4.78, 5) is 2.04. The van der Waals surface area contributed by atoms with Crippen molar-refractivity contribution in [2.24, 2.45) is 7.05 Å². The predicted molar refractivity (Wildman–Crippen MR) is 68.2 cm³/mol. The number of piperazine rings is 1. The lowest BCUT2D eigenvalue weighted by molar-refractivity contribution is -0.144. The normalized spacial score (nSPS) is 21.2. The van der Waals surface area contributed by atoms with Crippen molar-refractivity contribution in [3.63, 3.8) is 0 Å². The average Bonchev–Trinajstić information content (AvgIpc) is 2.62. The fraction of sp³-hybridized carbons (Fsp3) is 0.727. The Bertz CT molecular complexity index is 419. The van der Waals surface area contributed by atoms with Gasteiger partial charge in [0, 0.05) is 44.8 Å². The van der Waals surface area contributed by atoms with Gasteiger partial charge in [-0.05, 0) is 6.92 Å². The van der Waals surface area contributed by atoms with E-state index in [1.54, 1.807) is 0 Å². The second-order valence-electron chi connectivity index (χ2n) is 4.66. The van der Waals surface area contributed by atoms with E-state index >= 15 is 0 Å². The van der Waals surface area contributed by atoms with Crippen LogP contribution in [0.5, 0.6) is 0 Å². The summed E-state index contributed by atoms with van der Waals surface area (Å²) >= 11 is 0. The Morgan fingerprint density at radius 3 is 2.74 bits per heavy atom. The molecule has 1 atom stereocenters. The van der Waals surface area contributed by atoms with Crippen molar-refractivity contribution in [1.29, 1.82) is 0 Å². The Morgan fingerprint density at radius 2 is 2.16 bits per heavy atom. The summed E-state index contributed by atoms with van der Waals surface area (Å²) in [6.45, 7) is 4.68. The number of hydrogen-bond acceptors (Lipinski definition) is 3. The second-order valence-corrected chi connectivity index (χ2v) is 4.66. The lowest BCUT2D eigenvalue weighted by Crippen LogP contribution is -2.49. The van der Waals surface area contributed by atoms with Crippen molar-refractivity contribution >= 4 is 12.4 Å². The molecule has 1 saturated heterocycles. The van der Waals surface area contributed by atoms with Gasteiger partial charge in [-0.25, -0.2) is 0 Å². The van der Waals surface area contributed by atoms with E-state index in [1.807, 2.05) is 11.8 Å². The molecule has 0 bridgehead atoms. The van der Waals surface area contributed by atoms with E-state index in [-0.39, 0.29) is 24.0 Å². The highest BCUT2D eigenvalue weighted by Crippen LogP contribution is 2.32. The van der Waals surface area contributed by atoms with Crippen LogP contribution in [0.4, 0.5) is 13.2 Å². The summed E-state index contributed by atoms with van der Waals surface area (Å²) in [7, 11) is 1.33. The number of alkyl halides is 3. The lowest BCUT2D eigenvalue weighted by Gasteiger charge is -2.33. The molecular formula is C11H18ClF3N4. The maximum absolute atomic E-state index is 12.9. The third kappa shape index (κ3) is 3.61. The zero-order chi connectivity index (χ0) is 13.3. The van der Waals surface area contributed by atoms with E-state index in [0.717, 1.165) is 24.3 Å². The van der Waals surface area contributed by atoms with Crippen LogP contribution in [0.25, 0.3) is 0 Å². The summed E-state index contributed by atoms with van der Waals surface area (Å²) in [6.07, 6.45) is -3.03. The third-order valence-corrected chi connectivity index (χ3v) is 3.30. The van der Waals surface area contributed by atoms with E-state index in [2.05, 4.69) is 10.4 Å². The number of aromatic nitrogens is 2. The van der Waals surface area contributed by atoms with Crippen LogP contribution in [0, 0.1) is 0 Å². The van der Waals surface area contributed by atoms with Crippen molar-refractivity contribution in [2.75, 3.05) is 19.6 Å². The molecule has 1 aliphatic heterocycles. The number of rotatable bonds is 2. The van der Waals surface area contributed by atoms with Gasteiger partial charge in [0.15, 0.2) is 0 Å². The summed E-state index contributed by atoms with van der Waals surface area (Å²) in [5, 5.41) is 6.94. The fourth-order valence-electron chi connectivity index (χ4n) is 2.30. The Morgan fingerprint density at radius 1 is 1.47 bits per heavy atom. The molecule has 4 nitrogen and oxygen atoms in total. The number of halogens is 4. The number of nitrogens with zero attached hydrogens (tertiary/aromatic N) is 3. The summed E-state index contributed by atoms with van der Waals surface area (Å²) in [5.41, 5.74) is -0.396. The van der Waals surface area contributed by atoms with Crippen molar-refractivity contribution in [2.45, 2.75) is 25.7 Å². The molecule has 19 heavy (non-hydrogen) atoms. The number of aryl methyl sites for hydroxylation is 1. The van der Waals surface area contributed by atoms with E-state index < -0.39 is 11.9 Å². The van der Waals surface area contributed by atoms with Gasteiger partial charge >= 0.3 is 6.18 Å². The zero-order valence-corrected chi connectivity index (χ0v) is 11.7. The van der Waals surface area contributed by atoms with Crippen LogP contribution in [-0.2, 0) is 19.8 Å². The first-order valence-corrected chi connectivity index (χ1v) is 5.92. The quantitative estimate of drug-likeness (QED) is 0.901. The van der Waals surface area contributed by atoms with E-state index in [9.17, 15) is 13.2 Å². The monoisotopic (exact) mass is 298 g/mol. The average molecular weight is 299 g/mol. The highest BCUT2D eigenvalue weighted by Gasteiger charge is 2.37. The largest absolute Gasteiger partial charge is 0.433 e. The molecule has 0 aliphatic carbocycles. The van der Waals surface area contributed by atoms with Crippen molar-refractivity contribution in [3.05, 3.63) is 17.5 Å². The first-order valence-electron chi connectivity index (χ1n) is 5.92. The van der Waals surface area contributed by atoms with Crippen LogP contribution in [0.15, 0.2) is 6.20 Å². The van der Waals surface area contributed by atoms with Gasteiger partial charge in [0.2, 0.25) is 0 Å². The molecule has 0 radical (unpaired) electrons. The molecular weight excluding hydrogens is 281 g/mol. The zero-order valence-electron chi connectivity index (χ0n) is 10.9. The van der Waals surface area contributed by atoms with E-state index in [1.165, 1.54) is 13.2 Å². The van der Waals surface area contributed by atoms with Crippen molar-refractivity contribution in [1.82, 2.24) is 20.0 Å². The van der Waals surface area contributed by atoms with Gasteiger partial charge in [0.25, 0.3) is 0 Å². The molecule has 0 amide bonds. The van der Waals surface area contributed by atoms with Gasteiger partial charge in [-0.1, -0.05) is 0 Å². The van der Waals surface area contributed by atoms with Gasteiger partial charge in [-0.2, -0.15) is 18.3 Å². The Balaban J connectivity index is 0.00000180. The van der Waals surface area contributed by atoms with Gasteiger partial charge in [-0.3, -0.25) is 9.58 Å². The molecule has 1 aromatic rings. The topological polar surface area (TPSA) is 33.1 Å². The first kappa shape index (κ1) is 16.3. The molecule has 2 rings (SSSR count). The number of nitrogens with one attached hydrogen (secondary N) is 1. The van der Waals surface area contributed by atoms with Gasteiger partial charge in [0.05, 0.1) is 6.20 Å². The summed E-state index contributed by atoms with van der Waals surface area (Å²) in [5.74, 6) is 0. The van der Waals surface area contributed by atoms with Crippen LogP contribution in [0.2, 0.25) is 0 Å². The molecule has 0 spiro atoms. The van der Waals surface area contributed by atoms with Gasteiger partial charge < -0.3 is 5.32 Å². The Labute approximate surface area is 116 Å². The van der Waals surface area contributed by atoms with Crippen LogP contribution in [0.3, 0.4) is 0 Å². The molecule has 1 N–H and O–H groups in total. The molecule has 1 aliphatic rings. The molecule has 0 unspecified atom stereocenters. The predicted octanol–water partition coefficient (Wildman–Crippen LogP) is 1.65. The molecule has 8 heteroatoms. The highest BCUT2D eigenvalue weighted by molar-refractivity contribution is 5.85. The SMILES string of the molecule is C[C@H]1CNCCN1Cc1cnn(C)c1C(F)(F)F.Cl. The minimum atomic E-state index is -4.35. The van der Waals surface area contributed by atoms with Crippen molar-refractivity contribution in [3.8, 4) is 0 Å². The Hall–Kier alpha value is -0.790. The van der Waals surface area contributed by atoms with Crippen LogP contribution >= 0.6 is 12.4 Å². The molecule has 0 saturated carbocycles. The van der Waals surface area contributed by atoms with Crippen LogP contribution < -0.4 is 5.32 Å². The lowest BCUT2D eigenvalue weighted by atomic mass is 10.1. The highest BCUT2D eigenvalue weighted by atomic mass is 35.5. The molecule has 1 fully saturated rings. The maximum Gasteiger partial charge on any atom is 0.433 e. The van der Waals surface area contributed by atoms with E-state index in [4.69, 9.17) is 0 Å². The molecule has 1 aromatic heterocycles.